The molecule has 0 atom stereocenters. The number of benzene rings is 2. The predicted octanol–water partition coefficient (Wildman–Crippen LogP) is 4.97. The first kappa shape index (κ1) is 19.5. The lowest BCUT2D eigenvalue weighted by Gasteiger charge is -2.17. The molecule has 7 heteroatoms. The third-order valence-corrected chi connectivity index (χ3v) is 5.48. The normalized spacial score (nSPS) is 14.4. The number of hydrogen-bond acceptors (Lipinski definition) is 2. The summed E-state index contributed by atoms with van der Waals surface area (Å²) in [5, 5.41) is 3.36. The van der Waals surface area contributed by atoms with Gasteiger partial charge in [0.1, 0.15) is 6.54 Å². The second kappa shape index (κ2) is 7.89. The number of amides is 2. The van der Waals surface area contributed by atoms with Gasteiger partial charge in [0.2, 0.25) is 5.91 Å². The molecule has 2 amide bonds. The maximum Gasteiger partial charge on any atom is 0.259 e. The van der Waals surface area contributed by atoms with Crippen LogP contribution in [0.3, 0.4) is 0 Å². The first-order chi connectivity index (χ1) is 13.9. The first-order valence-electron chi connectivity index (χ1n) is 8.92. The van der Waals surface area contributed by atoms with Gasteiger partial charge < -0.3 is 9.88 Å². The van der Waals surface area contributed by atoms with Crippen molar-refractivity contribution >= 4 is 62.4 Å². The largest absolute Gasteiger partial charge is 0.351 e. The SMILES string of the molecule is Cn1cccc1/C=C1/C(=O)N(CC(=O)Nc2ccc(Br)cc2)c2ccc(Cl)cc21. The fraction of sp³-hybridized carbons (Fsp3) is 0.0909. The second-order valence-corrected chi connectivity index (χ2v) is 8.06. The number of hydrogen-bond donors (Lipinski definition) is 1. The molecule has 0 unspecified atom stereocenters. The summed E-state index contributed by atoms with van der Waals surface area (Å²) in [4.78, 5) is 27.2. The van der Waals surface area contributed by atoms with E-state index in [4.69, 9.17) is 11.6 Å². The number of nitrogens with zero attached hydrogens (tertiary/aromatic N) is 2. The molecule has 3 aromatic rings. The smallest absolute Gasteiger partial charge is 0.259 e. The summed E-state index contributed by atoms with van der Waals surface area (Å²) in [6.45, 7) is -0.0893. The molecule has 2 heterocycles. The van der Waals surface area contributed by atoms with E-state index in [0.29, 0.717) is 22.0 Å². The molecule has 2 aromatic carbocycles. The van der Waals surface area contributed by atoms with E-state index < -0.39 is 0 Å². The summed E-state index contributed by atoms with van der Waals surface area (Å²) in [6, 6.07) is 16.4. The summed E-state index contributed by atoms with van der Waals surface area (Å²) >= 11 is 9.54. The zero-order valence-corrected chi connectivity index (χ0v) is 17.9. The molecule has 1 aliphatic heterocycles. The van der Waals surface area contributed by atoms with Crippen LogP contribution in [0.15, 0.2) is 65.3 Å². The molecule has 146 valence electrons. The minimum Gasteiger partial charge on any atom is -0.351 e. The average Bonchev–Trinajstić information content (AvgIpc) is 3.20. The summed E-state index contributed by atoms with van der Waals surface area (Å²) in [5.74, 6) is -0.504. The van der Waals surface area contributed by atoms with Gasteiger partial charge in [0.15, 0.2) is 0 Å². The van der Waals surface area contributed by atoms with Gasteiger partial charge in [-0.25, -0.2) is 0 Å². The van der Waals surface area contributed by atoms with Crippen LogP contribution in [0.25, 0.3) is 11.6 Å². The highest BCUT2D eigenvalue weighted by Crippen LogP contribution is 2.39. The number of aromatic nitrogens is 1. The quantitative estimate of drug-likeness (QED) is 0.548. The standard InChI is InChI=1S/C22H17BrClN3O2/c1-26-10-2-3-17(26)12-19-18-11-15(24)6-9-20(18)27(22(19)29)13-21(28)25-16-7-4-14(23)5-8-16/h2-12H,13H2,1H3,(H,25,28)/b19-12+. The van der Waals surface area contributed by atoms with Crippen LogP contribution in [-0.4, -0.2) is 22.9 Å². The molecule has 0 spiro atoms. The Morgan fingerprint density at radius 3 is 2.62 bits per heavy atom. The van der Waals surface area contributed by atoms with E-state index in [1.165, 1.54) is 4.90 Å². The lowest BCUT2D eigenvalue weighted by Crippen LogP contribution is -2.35. The summed E-state index contributed by atoms with van der Waals surface area (Å²) in [6.07, 6.45) is 3.73. The number of aryl methyl sites for hydroxylation is 1. The number of halogens is 2. The zero-order chi connectivity index (χ0) is 20.5. The highest BCUT2D eigenvalue weighted by Gasteiger charge is 2.34. The van der Waals surface area contributed by atoms with E-state index in [1.807, 2.05) is 48.2 Å². The van der Waals surface area contributed by atoms with Gasteiger partial charge in [-0.3, -0.25) is 14.5 Å². The number of fused-ring (bicyclic) bond motifs is 1. The molecule has 0 radical (unpaired) electrons. The Labute approximate surface area is 181 Å². The van der Waals surface area contributed by atoms with E-state index in [-0.39, 0.29) is 18.4 Å². The lowest BCUT2D eigenvalue weighted by atomic mass is 10.1. The Bertz CT molecular complexity index is 1140. The van der Waals surface area contributed by atoms with Crippen molar-refractivity contribution in [2.45, 2.75) is 0 Å². The fourth-order valence-corrected chi connectivity index (χ4v) is 3.71. The van der Waals surface area contributed by atoms with Crippen molar-refractivity contribution in [2.75, 3.05) is 16.8 Å². The molecule has 1 N–H and O–H groups in total. The van der Waals surface area contributed by atoms with Gasteiger partial charge in [-0.05, 0) is 60.7 Å². The van der Waals surface area contributed by atoms with Crippen LogP contribution in [0, 0.1) is 0 Å². The van der Waals surface area contributed by atoms with Crippen molar-refractivity contribution in [3.8, 4) is 0 Å². The second-order valence-electron chi connectivity index (χ2n) is 6.71. The van der Waals surface area contributed by atoms with E-state index in [0.717, 1.165) is 15.7 Å². The lowest BCUT2D eigenvalue weighted by molar-refractivity contribution is -0.118. The van der Waals surface area contributed by atoms with Gasteiger partial charge in [0.25, 0.3) is 5.91 Å². The summed E-state index contributed by atoms with van der Waals surface area (Å²) in [7, 11) is 1.91. The number of nitrogens with one attached hydrogen (secondary N) is 1. The third kappa shape index (κ3) is 3.99. The van der Waals surface area contributed by atoms with Crippen molar-refractivity contribution in [1.82, 2.24) is 4.57 Å². The number of rotatable bonds is 4. The van der Waals surface area contributed by atoms with E-state index >= 15 is 0 Å². The van der Waals surface area contributed by atoms with Crippen molar-refractivity contribution in [1.29, 1.82) is 0 Å². The maximum atomic E-state index is 13.2. The predicted molar refractivity (Wildman–Crippen MR) is 120 cm³/mol. The minimum absolute atomic E-state index is 0.0893. The van der Waals surface area contributed by atoms with Crippen LogP contribution in [-0.2, 0) is 16.6 Å². The van der Waals surface area contributed by atoms with Crippen LogP contribution in [0.4, 0.5) is 11.4 Å². The Morgan fingerprint density at radius 2 is 1.93 bits per heavy atom. The molecular formula is C22H17BrClN3O2. The van der Waals surface area contributed by atoms with Crippen LogP contribution in [0.5, 0.6) is 0 Å². The molecule has 1 aromatic heterocycles. The molecule has 0 saturated heterocycles. The van der Waals surface area contributed by atoms with Crippen LogP contribution in [0.2, 0.25) is 5.02 Å². The fourth-order valence-electron chi connectivity index (χ4n) is 3.28. The molecule has 5 nitrogen and oxygen atoms in total. The van der Waals surface area contributed by atoms with Crippen LogP contribution >= 0.6 is 27.5 Å². The van der Waals surface area contributed by atoms with Gasteiger partial charge in [0.05, 0.1) is 11.3 Å². The van der Waals surface area contributed by atoms with Gasteiger partial charge >= 0.3 is 0 Å². The van der Waals surface area contributed by atoms with Crippen LogP contribution < -0.4 is 10.2 Å². The Balaban J connectivity index is 1.63. The molecule has 0 bridgehead atoms. The average molecular weight is 471 g/mol. The molecule has 4 rings (SSSR count). The maximum absolute atomic E-state index is 13.2. The van der Waals surface area contributed by atoms with Crippen molar-refractivity contribution < 1.29 is 9.59 Å². The molecule has 0 fully saturated rings. The topological polar surface area (TPSA) is 54.3 Å². The highest BCUT2D eigenvalue weighted by atomic mass is 79.9. The van der Waals surface area contributed by atoms with Crippen molar-refractivity contribution in [3.63, 3.8) is 0 Å². The van der Waals surface area contributed by atoms with E-state index in [2.05, 4.69) is 21.2 Å². The monoisotopic (exact) mass is 469 g/mol. The van der Waals surface area contributed by atoms with Crippen molar-refractivity contribution in [2.24, 2.45) is 7.05 Å². The van der Waals surface area contributed by atoms with Gasteiger partial charge in [-0.1, -0.05) is 27.5 Å². The van der Waals surface area contributed by atoms with Gasteiger partial charge in [0, 0.05) is 39.7 Å². The first-order valence-corrected chi connectivity index (χ1v) is 10.1. The summed E-state index contributed by atoms with van der Waals surface area (Å²) in [5.41, 5.74) is 3.47. The number of anilines is 2. The van der Waals surface area contributed by atoms with E-state index in [9.17, 15) is 9.59 Å². The highest BCUT2D eigenvalue weighted by molar-refractivity contribution is 9.10. The van der Waals surface area contributed by atoms with E-state index in [1.54, 1.807) is 30.3 Å². The number of carbonyl (C=O) groups is 2. The number of carbonyl (C=O) groups excluding carboxylic acids is 2. The minimum atomic E-state index is -0.276. The van der Waals surface area contributed by atoms with Crippen molar-refractivity contribution in [3.05, 3.63) is 81.5 Å². The van der Waals surface area contributed by atoms with Gasteiger partial charge in [-0.2, -0.15) is 0 Å². The Hall–Kier alpha value is -2.83. The molecule has 1 aliphatic rings. The molecule has 29 heavy (non-hydrogen) atoms. The summed E-state index contributed by atoms with van der Waals surface area (Å²) < 4.78 is 2.85. The zero-order valence-electron chi connectivity index (χ0n) is 15.5. The molecular weight excluding hydrogens is 454 g/mol. The van der Waals surface area contributed by atoms with Crippen LogP contribution in [0.1, 0.15) is 11.3 Å². The molecule has 0 saturated carbocycles. The van der Waals surface area contributed by atoms with Gasteiger partial charge in [-0.15, -0.1) is 0 Å². The Morgan fingerprint density at radius 1 is 1.17 bits per heavy atom. The Kier molecular flexibility index (Phi) is 5.30. The third-order valence-electron chi connectivity index (χ3n) is 4.72. The molecule has 0 aliphatic carbocycles.